The zero-order valence-corrected chi connectivity index (χ0v) is 14.7. The van der Waals surface area contributed by atoms with Crippen LogP contribution >= 0.6 is 24.0 Å². The number of nitrogens with one attached hydrogen (secondary N) is 2. The lowest BCUT2D eigenvalue weighted by Crippen LogP contribution is -2.39. The minimum atomic E-state index is 0. The Morgan fingerprint density at radius 2 is 1.85 bits per heavy atom. The van der Waals surface area contributed by atoms with Gasteiger partial charge in [0, 0.05) is 26.7 Å². The minimum Gasteiger partial charge on any atom is -0.380 e. The van der Waals surface area contributed by atoms with Crippen molar-refractivity contribution in [1.29, 1.82) is 0 Å². The van der Waals surface area contributed by atoms with E-state index >= 15 is 0 Å². The Kier molecular flexibility index (Phi) is 12.6. The molecule has 0 heterocycles. The molecule has 20 heavy (non-hydrogen) atoms. The van der Waals surface area contributed by atoms with Gasteiger partial charge in [0.1, 0.15) is 0 Å². The molecule has 0 radical (unpaired) electrons. The Morgan fingerprint density at radius 1 is 1.15 bits per heavy atom. The van der Waals surface area contributed by atoms with Gasteiger partial charge < -0.3 is 15.4 Å². The summed E-state index contributed by atoms with van der Waals surface area (Å²) < 4.78 is 5.27. The van der Waals surface area contributed by atoms with Gasteiger partial charge >= 0.3 is 0 Å². The summed E-state index contributed by atoms with van der Waals surface area (Å²) in [5, 5.41) is 6.52. The van der Waals surface area contributed by atoms with E-state index < -0.39 is 0 Å². The number of ether oxygens (including phenoxy) is 1. The fourth-order valence-electron chi connectivity index (χ4n) is 1.75. The molecule has 2 N–H and O–H groups in total. The highest BCUT2D eigenvalue weighted by molar-refractivity contribution is 14.0. The van der Waals surface area contributed by atoms with Crippen molar-refractivity contribution in [1.82, 2.24) is 10.6 Å². The number of aryl methyl sites for hydroxylation is 1. The molecule has 0 saturated carbocycles. The monoisotopic (exact) mass is 391 g/mol. The summed E-state index contributed by atoms with van der Waals surface area (Å²) >= 11 is 0. The molecular weight excluding hydrogens is 365 g/mol. The van der Waals surface area contributed by atoms with Crippen LogP contribution in [-0.4, -0.2) is 39.3 Å². The number of nitrogens with zero attached hydrogens (tertiary/aromatic N) is 1. The lowest BCUT2D eigenvalue weighted by Gasteiger charge is -2.11. The molecule has 114 valence electrons. The first-order valence-corrected chi connectivity index (χ1v) is 6.93. The SMILES string of the molecule is CCOCCNC(=NC)NCCCc1ccccc1.I. The van der Waals surface area contributed by atoms with Crippen molar-refractivity contribution in [2.45, 2.75) is 19.8 Å². The van der Waals surface area contributed by atoms with E-state index in [4.69, 9.17) is 4.74 Å². The minimum absolute atomic E-state index is 0. The van der Waals surface area contributed by atoms with Crippen LogP contribution in [0.4, 0.5) is 0 Å². The number of benzene rings is 1. The number of hydrogen-bond donors (Lipinski definition) is 2. The zero-order chi connectivity index (χ0) is 13.8. The molecule has 0 bridgehead atoms. The quantitative estimate of drug-likeness (QED) is 0.310. The second-order valence-corrected chi connectivity index (χ2v) is 4.21. The molecule has 0 atom stereocenters. The Labute approximate surface area is 139 Å². The lowest BCUT2D eigenvalue weighted by molar-refractivity contribution is 0.152. The zero-order valence-electron chi connectivity index (χ0n) is 12.4. The van der Waals surface area contributed by atoms with Crippen molar-refractivity contribution in [3.05, 3.63) is 35.9 Å². The van der Waals surface area contributed by atoms with Crippen LogP contribution in [0.2, 0.25) is 0 Å². The molecule has 1 rings (SSSR count). The number of rotatable bonds is 8. The van der Waals surface area contributed by atoms with E-state index in [9.17, 15) is 0 Å². The van der Waals surface area contributed by atoms with Crippen LogP contribution < -0.4 is 10.6 Å². The van der Waals surface area contributed by atoms with Crippen LogP contribution in [0.5, 0.6) is 0 Å². The molecule has 0 unspecified atom stereocenters. The molecule has 0 aliphatic carbocycles. The molecule has 5 heteroatoms. The van der Waals surface area contributed by atoms with E-state index in [-0.39, 0.29) is 24.0 Å². The Bertz CT molecular complexity index is 357. The lowest BCUT2D eigenvalue weighted by atomic mass is 10.1. The first-order valence-electron chi connectivity index (χ1n) is 6.93. The van der Waals surface area contributed by atoms with Crippen LogP contribution in [0.1, 0.15) is 18.9 Å². The van der Waals surface area contributed by atoms with Crippen LogP contribution in [-0.2, 0) is 11.2 Å². The third kappa shape index (κ3) is 9.14. The van der Waals surface area contributed by atoms with Crippen molar-refractivity contribution in [2.75, 3.05) is 33.4 Å². The van der Waals surface area contributed by atoms with E-state index in [0.29, 0.717) is 6.61 Å². The van der Waals surface area contributed by atoms with Gasteiger partial charge in [0.05, 0.1) is 6.61 Å². The molecule has 0 aliphatic heterocycles. The summed E-state index contributed by atoms with van der Waals surface area (Å²) in [7, 11) is 1.78. The van der Waals surface area contributed by atoms with E-state index in [1.54, 1.807) is 7.05 Å². The normalized spacial score (nSPS) is 10.8. The van der Waals surface area contributed by atoms with E-state index in [1.165, 1.54) is 5.56 Å². The van der Waals surface area contributed by atoms with Crippen molar-refractivity contribution in [3.8, 4) is 0 Å². The van der Waals surface area contributed by atoms with E-state index in [2.05, 4.69) is 39.9 Å². The summed E-state index contributed by atoms with van der Waals surface area (Å²) in [6.07, 6.45) is 2.18. The van der Waals surface area contributed by atoms with Gasteiger partial charge in [-0.15, -0.1) is 24.0 Å². The first-order chi connectivity index (χ1) is 9.36. The number of aliphatic imine (C=N–C) groups is 1. The van der Waals surface area contributed by atoms with Gasteiger partial charge in [-0.1, -0.05) is 30.3 Å². The molecular formula is C15H26IN3O. The van der Waals surface area contributed by atoms with Crippen LogP contribution in [0.3, 0.4) is 0 Å². The third-order valence-corrected chi connectivity index (χ3v) is 2.74. The Balaban J connectivity index is 0.00000361. The number of guanidine groups is 1. The molecule has 4 nitrogen and oxygen atoms in total. The van der Waals surface area contributed by atoms with Gasteiger partial charge in [-0.3, -0.25) is 4.99 Å². The highest BCUT2D eigenvalue weighted by Gasteiger charge is 1.97. The smallest absolute Gasteiger partial charge is 0.191 e. The summed E-state index contributed by atoms with van der Waals surface area (Å²) in [6, 6.07) is 10.5. The van der Waals surface area contributed by atoms with Gasteiger partial charge in [0.15, 0.2) is 5.96 Å². The van der Waals surface area contributed by atoms with Crippen molar-refractivity contribution < 1.29 is 4.74 Å². The molecule has 0 amide bonds. The first kappa shape index (κ1) is 19.2. The Morgan fingerprint density at radius 3 is 2.50 bits per heavy atom. The van der Waals surface area contributed by atoms with Gasteiger partial charge in [0.25, 0.3) is 0 Å². The molecule has 0 aliphatic rings. The summed E-state index contributed by atoms with van der Waals surface area (Å²) in [5.74, 6) is 0.841. The highest BCUT2D eigenvalue weighted by atomic mass is 127. The predicted octanol–water partition coefficient (Wildman–Crippen LogP) is 2.44. The molecule has 0 spiro atoms. The van der Waals surface area contributed by atoms with Crippen molar-refractivity contribution in [3.63, 3.8) is 0 Å². The maximum Gasteiger partial charge on any atom is 0.191 e. The third-order valence-electron chi connectivity index (χ3n) is 2.74. The van der Waals surface area contributed by atoms with Gasteiger partial charge in [-0.25, -0.2) is 0 Å². The van der Waals surface area contributed by atoms with E-state index in [1.807, 2.05) is 13.0 Å². The molecule has 0 fully saturated rings. The second-order valence-electron chi connectivity index (χ2n) is 4.21. The average Bonchev–Trinajstić information content (AvgIpc) is 2.46. The van der Waals surface area contributed by atoms with Gasteiger partial charge in [0.2, 0.25) is 0 Å². The molecule has 0 saturated heterocycles. The van der Waals surface area contributed by atoms with Crippen LogP contribution in [0.25, 0.3) is 0 Å². The maximum absolute atomic E-state index is 5.27. The summed E-state index contributed by atoms with van der Waals surface area (Å²) in [4.78, 5) is 4.17. The fourth-order valence-corrected chi connectivity index (χ4v) is 1.75. The number of hydrogen-bond acceptors (Lipinski definition) is 2. The molecule has 0 aromatic heterocycles. The van der Waals surface area contributed by atoms with Crippen molar-refractivity contribution >= 4 is 29.9 Å². The average molecular weight is 391 g/mol. The van der Waals surface area contributed by atoms with Crippen molar-refractivity contribution in [2.24, 2.45) is 4.99 Å². The summed E-state index contributed by atoms with van der Waals surface area (Å²) in [6.45, 7) is 5.16. The van der Waals surface area contributed by atoms with Crippen LogP contribution in [0, 0.1) is 0 Å². The summed E-state index contributed by atoms with van der Waals surface area (Å²) in [5.41, 5.74) is 1.38. The molecule has 1 aromatic carbocycles. The topological polar surface area (TPSA) is 45.6 Å². The van der Waals surface area contributed by atoms with Crippen LogP contribution in [0.15, 0.2) is 35.3 Å². The molecule has 1 aromatic rings. The van der Waals surface area contributed by atoms with Gasteiger partial charge in [-0.2, -0.15) is 0 Å². The fraction of sp³-hybridized carbons (Fsp3) is 0.533. The van der Waals surface area contributed by atoms with E-state index in [0.717, 1.165) is 38.5 Å². The largest absolute Gasteiger partial charge is 0.380 e. The highest BCUT2D eigenvalue weighted by Crippen LogP contribution is 2.01. The maximum atomic E-state index is 5.27. The second kappa shape index (κ2) is 13.2. The Hall–Kier alpha value is -0.820. The standard InChI is InChI=1S/C15H25N3O.HI/c1-3-19-13-12-18-15(16-2)17-11-7-10-14-8-5-4-6-9-14;/h4-6,8-9H,3,7,10-13H2,1-2H3,(H2,16,17,18);1H. The number of halogens is 1. The van der Waals surface area contributed by atoms with Gasteiger partial charge in [-0.05, 0) is 25.3 Å². The predicted molar refractivity (Wildman–Crippen MR) is 96.0 cm³/mol.